The van der Waals surface area contributed by atoms with E-state index in [4.69, 9.17) is 4.99 Å². The van der Waals surface area contributed by atoms with Gasteiger partial charge in [0.25, 0.3) is 0 Å². The first-order valence-electron chi connectivity index (χ1n) is 9.68. The molecule has 7 heteroatoms. The largest absolute Gasteiger partial charge is 0.356 e. The molecule has 0 radical (unpaired) electrons. The summed E-state index contributed by atoms with van der Waals surface area (Å²) >= 11 is 1.80. The van der Waals surface area contributed by atoms with Gasteiger partial charge in [0.05, 0.1) is 0 Å². The summed E-state index contributed by atoms with van der Waals surface area (Å²) in [6, 6.07) is 13.0. The smallest absolute Gasteiger partial charge is 0.194 e. The summed E-state index contributed by atoms with van der Waals surface area (Å²) in [5, 5.41) is 14.1. The number of hydrogen-bond donors (Lipinski definition) is 1. The van der Waals surface area contributed by atoms with E-state index in [9.17, 15) is 0 Å². The van der Waals surface area contributed by atoms with E-state index in [2.05, 4.69) is 62.2 Å². The number of thiophene rings is 1. The zero-order chi connectivity index (χ0) is 19.3. The summed E-state index contributed by atoms with van der Waals surface area (Å²) in [6.07, 6.45) is 2.05. The van der Waals surface area contributed by atoms with Gasteiger partial charge in [-0.05, 0) is 42.3 Å². The Morgan fingerprint density at radius 3 is 2.79 bits per heavy atom. The van der Waals surface area contributed by atoms with Crippen LogP contribution < -0.4 is 5.32 Å². The maximum Gasteiger partial charge on any atom is 0.194 e. The molecule has 1 aliphatic rings. The number of benzene rings is 1. The highest BCUT2D eigenvalue weighted by atomic mass is 32.1. The van der Waals surface area contributed by atoms with Gasteiger partial charge in [0.15, 0.2) is 11.8 Å². The third-order valence-electron chi connectivity index (χ3n) is 5.22. The Balaban J connectivity index is 1.49. The van der Waals surface area contributed by atoms with Gasteiger partial charge >= 0.3 is 0 Å². The van der Waals surface area contributed by atoms with E-state index in [1.54, 1.807) is 11.3 Å². The van der Waals surface area contributed by atoms with Crippen molar-refractivity contribution in [3.63, 3.8) is 0 Å². The van der Waals surface area contributed by atoms with Crippen LogP contribution in [0.25, 0.3) is 0 Å². The van der Waals surface area contributed by atoms with E-state index in [0.717, 1.165) is 50.1 Å². The van der Waals surface area contributed by atoms with E-state index < -0.39 is 0 Å². The summed E-state index contributed by atoms with van der Waals surface area (Å²) < 4.78 is 2.00. The first kappa shape index (κ1) is 18.7. The van der Waals surface area contributed by atoms with Crippen molar-refractivity contribution in [2.45, 2.75) is 32.9 Å². The van der Waals surface area contributed by atoms with Gasteiger partial charge in [-0.25, -0.2) is 4.99 Å². The summed E-state index contributed by atoms with van der Waals surface area (Å²) in [7, 11) is 1.99. The van der Waals surface area contributed by atoms with Gasteiger partial charge in [0.2, 0.25) is 0 Å². The molecule has 0 saturated carbocycles. The average molecular weight is 395 g/mol. The first-order valence-corrected chi connectivity index (χ1v) is 10.6. The Kier molecular flexibility index (Phi) is 5.71. The predicted molar refractivity (Wildman–Crippen MR) is 113 cm³/mol. The fraction of sp³-hybridized carbons (Fsp3) is 0.381. The lowest BCUT2D eigenvalue weighted by Crippen LogP contribution is -2.44. The second-order valence-electron chi connectivity index (χ2n) is 7.06. The number of guanidine groups is 1. The number of aryl methyl sites for hydroxylation is 1. The van der Waals surface area contributed by atoms with Crippen molar-refractivity contribution in [2.24, 2.45) is 12.0 Å². The molecule has 0 spiro atoms. The Morgan fingerprint density at radius 1 is 1.18 bits per heavy atom. The number of hydrogen-bond acceptors (Lipinski definition) is 4. The lowest BCUT2D eigenvalue weighted by atomic mass is 10.0. The standard InChI is InChI=1S/C21H26N6S/c1-16-24-25-20(26(16)2)14-23-21(22-11-9-19-8-5-13-28-19)27-12-10-17-6-3-4-7-18(17)15-27/h3-8,13H,9-12,14-15H2,1-2H3,(H,22,23). The normalized spacial score (nSPS) is 14.2. The van der Waals surface area contributed by atoms with Crippen molar-refractivity contribution in [1.82, 2.24) is 25.0 Å². The molecule has 6 nitrogen and oxygen atoms in total. The highest BCUT2D eigenvalue weighted by Crippen LogP contribution is 2.18. The Morgan fingerprint density at radius 2 is 2.04 bits per heavy atom. The minimum Gasteiger partial charge on any atom is -0.356 e. The van der Waals surface area contributed by atoms with Crippen LogP contribution in [0.15, 0.2) is 46.8 Å². The molecule has 3 heterocycles. The van der Waals surface area contributed by atoms with Crippen LogP contribution in [0.5, 0.6) is 0 Å². The average Bonchev–Trinajstić information content (AvgIpc) is 3.35. The molecule has 4 rings (SSSR count). The minimum atomic E-state index is 0.525. The SMILES string of the molecule is Cc1nnc(CN=C(NCCc2cccs2)N2CCc3ccccc3C2)n1C. The molecule has 2 aromatic heterocycles. The lowest BCUT2D eigenvalue weighted by molar-refractivity contribution is 0.377. The molecule has 3 aromatic rings. The lowest BCUT2D eigenvalue weighted by Gasteiger charge is -2.32. The number of nitrogens with one attached hydrogen (secondary N) is 1. The molecule has 0 saturated heterocycles. The van der Waals surface area contributed by atoms with Gasteiger partial charge in [-0.3, -0.25) is 0 Å². The first-order chi connectivity index (χ1) is 13.7. The van der Waals surface area contributed by atoms with Crippen LogP contribution in [0.4, 0.5) is 0 Å². The molecule has 0 amide bonds. The quantitative estimate of drug-likeness (QED) is 0.534. The maximum atomic E-state index is 4.90. The fourth-order valence-electron chi connectivity index (χ4n) is 3.43. The number of nitrogens with zero attached hydrogens (tertiary/aromatic N) is 5. The Hall–Kier alpha value is -2.67. The van der Waals surface area contributed by atoms with E-state index in [-0.39, 0.29) is 0 Å². The van der Waals surface area contributed by atoms with Crippen molar-refractivity contribution in [3.05, 3.63) is 69.4 Å². The fourth-order valence-corrected chi connectivity index (χ4v) is 4.14. The van der Waals surface area contributed by atoms with Gasteiger partial charge < -0.3 is 14.8 Å². The number of fused-ring (bicyclic) bond motifs is 1. The van der Waals surface area contributed by atoms with Crippen LogP contribution in [0.1, 0.15) is 27.7 Å². The van der Waals surface area contributed by atoms with Crippen molar-refractivity contribution in [3.8, 4) is 0 Å². The molecule has 1 aromatic carbocycles. The van der Waals surface area contributed by atoms with Gasteiger partial charge in [0, 0.05) is 31.6 Å². The van der Waals surface area contributed by atoms with Crippen molar-refractivity contribution in [1.29, 1.82) is 0 Å². The van der Waals surface area contributed by atoms with Crippen LogP contribution in [0.2, 0.25) is 0 Å². The molecular weight excluding hydrogens is 368 g/mol. The molecule has 1 N–H and O–H groups in total. The van der Waals surface area contributed by atoms with Crippen molar-refractivity contribution < 1.29 is 0 Å². The van der Waals surface area contributed by atoms with E-state index in [1.807, 2.05) is 18.5 Å². The molecular formula is C21H26N6S. The second-order valence-corrected chi connectivity index (χ2v) is 8.09. The maximum absolute atomic E-state index is 4.90. The number of rotatable bonds is 5. The van der Waals surface area contributed by atoms with Crippen LogP contribution in [0, 0.1) is 6.92 Å². The molecule has 0 aliphatic carbocycles. The molecule has 0 bridgehead atoms. The number of aromatic nitrogens is 3. The summed E-state index contributed by atoms with van der Waals surface area (Å²) in [6.45, 7) is 5.21. The Labute approximate surface area is 169 Å². The van der Waals surface area contributed by atoms with Crippen LogP contribution in [-0.2, 0) is 33.0 Å². The number of aliphatic imine (C=N–C) groups is 1. The molecule has 1 aliphatic heterocycles. The van der Waals surface area contributed by atoms with Gasteiger partial charge in [-0.2, -0.15) is 0 Å². The molecule has 0 atom stereocenters. The third kappa shape index (κ3) is 4.25. The van der Waals surface area contributed by atoms with Crippen LogP contribution >= 0.6 is 11.3 Å². The predicted octanol–water partition coefficient (Wildman–Crippen LogP) is 2.93. The van der Waals surface area contributed by atoms with Crippen LogP contribution in [-0.4, -0.2) is 38.7 Å². The van der Waals surface area contributed by atoms with Gasteiger partial charge in [-0.15, -0.1) is 21.5 Å². The summed E-state index contributed by atoms with van der Waals surface area (Å²) in [5.41, 5.74) is 2.83. The van der Waals surface area contributed by atoms with Crippen molar-refractivity contribution >= 4 is 17.3 Å². The molecule has 0 unspecified atom stereocenters. The highest BCUT2D eigenvalue weighted by Gasteiger charge is 2.19. The second kappa shape index (κ2) is 8.56. The summed E-state index contributed by atoms with van der Waals surface area (Å²) in [4.78, 5) is 8.63. The van der Waals surface area contributed by atoms with Crippen LogP contribution in [0.3, 0.4) is 0 Å². The topological polar surface area (TPSA) is 58.3 Å². The zero-order valence-corrected chi connectivity index (χ0v) is 17.2. The van der Waals surface area contributed by atoms with E-state index in [0.29, 0.717) is 6.54 Å². The van der Waals surface area contributed by atoms with Gasteiger partial charge in [-0.1, -0.05) is 30.3 Å². The summed E-state index contributed by atoms with van der Waals surface area (Å²) in [5.74, 6) is 2.74. The van der Waals surface area contributed by atoms with E-state index >= 15 is 0 Å². The Bertz CT molecular complexity index is 944. The highest BCUT2D eigenvalue weighted by molar-refractivity contribution is 7.09. The van der Waals surface area contributed by atoms with Gasteiger partial charge in [0.1, 0.15) is 12.4 Å². The molecule has 146 valence electrons. The zero-order valence-electron chi connectivity index (χ0n) is 16.4. The van der Waals surface area contributed by atoms with Crippen molar-refractivity contribution in [2.75, 3.05) is 13.1 Å². The third-order valence-corrected chi connectivity index (χ3v) is 6.15. The minimum absolute atomic E-state index is 0.525. The monoisotopic (exact) mass is 394 g/mol. The molecule has 0 fully saturated rings. The van der Waals surface area contributed by atoms with E-state index in [1.165, 1.54) is 16.0 Å². The molecule has 28 heavy (non-hydrogen) atoms.